The van der Waals surface area contributed by atoms with Gasteiger partial charge in [0.1, 0.15) is 40.4 Å². The van der Waals surface area contributed by atoms with E-state index in [1.807, 2.05) is 0 Å². The third-order valence-corrected chi connectivity index (χ3v) is 7.86. The number of hydrogen-bond acceptors (Lipinski definition) is 12. The maximum absolute atomic E-state index is 14.3. The van der Waals surface area contributed by atoms with Crippen molar-refractivity contribution in [1.82, 2.24) is 0 Å². The van der Waals surface area contributed by atoms with Crippen LogP contribution in [0.15, 0.2) is 54.6 Å². The van der Waals surface area contributed by atoms with Crippen LogP contribution in [-0.4, -0.2) is 60.5 Å². The zero-order valence-corrected chi connectivity index (χ0v) is 23.2. The average Bonchev–Trinajstić information content (AvgIpc) is 2.96. The number of benzene rings is 4. The van der Waals surface area contributed by atoms with Gasteiger partial charge < -0.3 is 50.0 Å². The predicted octanol–water partition coefficient (Wildman–Crippen LogP) is 4.01. The number of aromatic hydroxyl groups is 6. The van der Waals surface area contributed by atoms with Gasteiger partial charge in [0, 0.05) is 12.1 Å². The Morgan fingerprint density at radius 1 is 0.682 bits per heavy atom. The molecule has 0 bridgehead atoms. The number of rotatable bonds is 4. The van der Waals surface area contributed by atoms with Crippen molar-refractivity contribution in [2.75, 3.05) is 7.11 Å². The van der Waals surface area contributed by atoms with Gasteiger partial charge in [0.15, 0.2) is 46.8 Å². The lowest BCUT2D eigenvalue weighted by atomic mass is 9.77. The normalized spacial score (nSPS) is 20.7. The molecule has 4 aromatic rings. The van der Waals surface area contributed by atoms with E-state index in [1.165, 1.54) is 44.4 Å². The molecule has 4 atom stereocenters. The lowest BCUT2D eigenvalue weighted by molar-refractivity contribution is 0.0200. The molecule has 2 aliphatic heterocycles. The number of ether oxygens (including phenoxy) is 3. The monoisotopic (exact) mass is 602 g/mol. The molecule has 12 nitrogen and oxygen atoms in total. The molecular weight excluding hydrogens is 576 g/mol. The highest BCUT2D eigenvalue weighted by Gasteiger charge is 2.48. The molecule has 2 aliphatic rings. The first kappa shape index (κ1) is 28.5. The Labute approximate surface area is 249 Å². The Hall–Kier alpha value is -5.62. The third-order valence-electron chi connectivity index (χ3n) is 7.86. The highest BCUT2D eigenvalue weighted by molar-refractivity contribution is 6.10. The number of aryl methyl sites for hydroxylation is 1. The number of methoxy groups -OCH3 is 1. The Morgan fingerprint density at radius 3 is 2.05 bits per heavy atom. The molecule has 0 saturated carbocycles. The number of phenolic OH excluding ortho intramolecular Hbond substituents is 6. The van der Waals surface area contributed by atoms with Crippen LogP contribution in [0.2, 0.25) is 0 Å². The van der Waals surface area contributed by atoms with Gasteiger partial charge in [-0.15, -0.1) is 0 Å². The van der Waals surface area contributed by atoms with Crippen molar-refractivity contribution in [2.45, 2.75) is 31.2 Å². The van der Waals surface area contributed by atoms with Crippen molar-refractivity contribution in [3.05, 3.63) is 88.0 Å². The van der Waals surface area contributed by atoms with Gasteiger partial charge in [-0.3, -0.25) is 9.59 Å². The fraction of sp³-hybridized carbons (Fsp3) is 0.188. The molecule has 6 rings (SSSR count). The maximum atomic E-state index is 14.3. The minimum absolute atomic E-state index is 0.111. The summed E-state index contributed by atoms with van der Waals surface area (Å²) in [6.45, 7) is 1.51. The second-order valence-electron chi connectivity index (χ2n) is 10.6. The van der Waals surface area contributed by atoms with Crippen LogP contribution >= 0.6 is 0 Å². The van der Waals surface area contributed by atoms with E-state index in [0.29, 0.717) is 0 Å². The fourth-order valence-electron chi connectivity index (χ4n) is 5.81. The fourth-order valence-corrected chi connectivity index (χ4v) is 5.81. The van der Waals surface area contributed by atoms with Crippen LogP contribution in [0.1, 0.15) is 61.1 Å². The summed E-state index contributed by atoms with van der Waals surface area (Å²) in [4.78, 5) is 27.9. The summed E-state index contributed by atoms with van der Waals surface area (Å²) < 4.78 is 17.5. The van der Waals surface area contributed by atoms with Gasteiger partial charge >= 0.3 is 0 Å². The summed E-state index contributed by atoms with van der Waals surface area (Å²) in [5.41, 5.74) is -0.0613. The first-order valence-corrected chi connectivity index (χ1v) is 13.3. The molecule has 4 aromatic carbocycles. The molecule has 44 heavy (non-hydrogen) atoms. The molecule has 0 fully saturated rings. The molecule has 7 N–H and O–H groups in total. The van der Waals surface area contributed by atoms with Crippen molar-refractivity contribution in [2.24, 2.45) is 0 Å². The number of hydrogen-bond donors (Lipinski definition) is 7. The van der Waals surface area contributed by atoms with E-state index in [-0.39, 0.29) is 62.1 Å². The molecule has 12 heteroatoms. The van der Waals surface area contributed by atoms with Crippen molar-refractivity contribution >= 4 is 11.6 Å². The van der Waals surface area contributed by atoms with Gasteiger partial charge in [-0.25, -0.2) is 0 Å². The Bertz CT molecular complexity index is 1860. The van der Waals surface area contributed by atoms with Crippen molar-refractivity contribution in [1.29, 1.82) is 0 Å². The summed E-state index contributed by atoms with van der Waals surface area (Å²) in [6, 6.07) is 11.1. The molecule has 0 aromatic heterocycles. The Morgan fingerprint density at radius 2 is 1.36 bits per heavy atom. The minimum atomic E-state index is -1.76. The van der Waals surface area contributed by atoms with Gasteiger partial charge in [0.05, 0.1) is 24.2 Å². The number of carbonyl (C=O) groups is 2. The predicted molar refractivity (Wildman–Crippen MR) is 151 cm³/mol. The summed E-state index contributed by atoms with van der Waals surface area (Å²) in [5, 5.41) is 73.5. The Kier molecular flexibility index (Phi) is 6.66. The van der Waals surface area contributed by atoms with E-state index in [0.717, 1.165) is 24.3 Å². The number of carbonyl (C=O) groups excluding carboxylic acids is 2. The number of aliphatic hydroxyl groups excluding tert-OH is 1. The summed E-state index contributed by atoms with van der Waals surface area (Å²) >= 11 is 0. The third kappa shape index (κ3) is 4.34. The second kappa shape index (κ2) is 10.3. The van der Waals surface area contributed by atoms with Crippen molar-refractivity contribution in [3.63, 3.8) is 0 Å². The van der Waals surface area contributed by atoms with Crippen LogP contribution in [0.25, 0.3) is 0 Å². The van der Waals surface area contributed by atoms with Gasteiger partial charge in [0.25, 0.3) is 0 Å². The molecule has 0 spiro atoms. The zero-order chi connectivity index (χ0) is 31.6. The topological polar surface area (TPSA) is 203 Å². The van der Waals surface area contributed by atoms with Crippen LogP contribution in [0.3, 0.4) is 0 Å². The van der Waals surface area contributed by atoms with Crippen molar-refractivity contribution < 1.29 is 59.5 Å². The lowest BCUT2D eigenvalue weighted by Gasteiger charge is -2.37. The Balaban J connectivity index is 1.59. The summed E-state index contributed by atoms with van der Waals surface area (Å²) in [6.07, 6.45) is -4.50. The van der Waals surface area contributed by atoms with E-state index in [9.17, 15) is 45.3 Å². The van der Waals surface area contributed by atoms with E-state index in [1.54, 1.807) is 0 Å². The molecule has 2 heterocycles. The lowest BCUT2D eigenvalue weighted by Crippen LogP contribution is -2.38. The quantitative estimate of drug-likeness (QED) is 0.166. The van der Waals surface area contributed by atoms with Crippen LogP contribution in [0, 0.1) is 6.92 Å². The SMILES string of the molecule is COc1ccc([C@@H]2Oc3cc(O)cc(O)c3C(=O)[C@@H]2c2c(O)cc(C)c3c2O[C@H](c2ccc(O)c(O)c2)C(O)C3=O)cc1O. The number of fused-ring (bicyclic) bond motifs is 2. The highest BCUT2D eigenvalue weighted by atomic mass is 16.5. The van der Waals surface area contributed by atoms with Gasteiger partial charge in [0.2, 0.25) is 0 Å². The van der Waals surface area contributed by atoms with Gasteiger partial charge in [-0.1, -0.05) is 12.1 Å². The number of aliphatic hydroxyl groups is 1. The van der Waals surface area contributed by atoms with E-state index in [2.05, 4.69) is 0 Å². The smallest absolute Gasteiger partial charge is 0.199 e. The number of ketones is 2. The minimum Gasteiger partial charge on any atom is -0.508 e. The van der Waals surface area contributed by atoms with Crippen molar-refractivity contribution in [3.8, 4) is 51.7 Å². The van der Waals surface area contributed by atoms with E-state index in [4.69, 9.17) is 14.2 Å². The molecule has 1 unspecified atom stereocenters. The standard InChI is InChI=1S/C32H26O12/c1-12-7-19(37)25(32-23(12)28(40)29(41)31(44-32)14-3-5-16(34)17(35)8-14)26-27(39)24-20(38)10-15(33)11-22(24)43-30(26)13-4-6-21(42-2)18(36)9-13/h3-11,26,29-31,33-38,41H,1-2H3/t26-,29?,30-,31+/m0/s1. The molecule has 0 radical (unpaired) electrons. The summed E-state index contributed by atoms with van der Waals surface area (Å²) in [5.74, 6) is -6.08. The van der Waals surface area contributed by atoms with Crippen LogP contribution < -0.4 is 14.2 Å². The second-order valence-corrected chi connectivity index (χ2v) is 10.6. The molecule has 0 aliphatic carbocycles. The molecule has 0 saturated heterocycles. The largest absolute Gasteiger partial charge is 0.508 e. The van der Waals surface area contributed by atoms with Gasteiger partial charge in [-0.2, -0.15) is 0 Å². The molecule has 226 valence electrons. The zero-order valence-electron chi connectivity index (χ0n) is 23.2. The first-order valence-electron chi connectivity index (χ1n) is 13.3. The van der Waals surface area contributed by atoms with E-state index >= 15 is 0 Å². The highest BCUT2D eigenvalue weighted by Crippen LogP contribution is 2.55. The van der Waals surface area contributed by atoms with E-state index < -0.39 is 58.8 Å². The van der Waals surface area contributed by atoms with Crippen LogP contribution in [0.4, 0.5) is 0 Å². The average molecular weight is 603 g/mol. The van der Waals surface area contributed by atoms with Crippen LogP contribution in [-0.2, 0) is 0 Å². The first-order chi connectivity index (χ1) is 20.9. The maximum Gasteiger partial charge on any atom is 0.199 e. The summed E-state index contributed by atoms with van der Waals surface area (Å²) in [7, 11) is 1.35. The number of Topliss-reactive ketones (excluding diaryl/α,β-unsaturated/α-hetero) is 2. The number of phenols is 6. The van der Waals surface area contributed by atoms with Crippen LogP contribution in [0.5, 0.6) is 51.7 Å². The molecule has 0 amide bonds. The van der Waals surface area contributed by atoms with Gasteiger partial charge in [-0.05, 0) is 53.9 Å². The molecular formula is C32H26O12.